The van der Waals surface area contributed by atoms with Crippen LogP contribution in [0.25, 0.3) is 10.1 Å². The average molecular weight is 317 g/mol. The van der Waals surface area contributed by atoms with Gasteiger partial charge in [-0.2, -0.15) is 13.2 Å². The molecule has 0 aliphatic carbocycles. The van der Waals surface area contributed by atoms with Gasteiger partial charge in [0.25, 0.3) is 0 Å². The van der Waals surface area contributed by atoms with Crippen molar-refractivity contribution in [3.63, 3.8) is 0 Å². The molecule has 0 fully saturated rings. The number of aliphatic hydroxyl groups excluding tert-OH is 1. The molecule has 2 nitrogen and oxygen atoms in total. The minimum absolute atomic E-state index is 0.0771. The molecule has 0 unspecified atom stereocenters. The second-order valence-corrected chi connectivity index (χ2v) is 6.55. The Morgan fingerprint density at radius 1 is 1.29 bits per heavy atom. The molecule has 0 amide bonds. The molecule has 0 radical (unpaired) electrons. The summed E-state index contributed by atoms with van der Waals surface area (Å²) < 4.78 is 38.6. The predicted molar refractivity (Wildman–Crippen MR) is 79.4 cm³/mol. The van der Waals surface area contributed by atoms with E-state index in [2.05, 4.69) is 0 Å². The number of benzene rings is 1. The highest BCUT2D eigenvalue weighted by atomic mass is 32.1. The standard InChI is InChI=1S/C15H18F3NOS/c1-14(19,9-20)6-2-3-10-8-21-13-7-11(15(16,17)18)4-5-12(10)13/h4-5,7-8,20H,2-3,6,9,19H2,1H3/t14-/m1/s1. The fourth-order valence-electron chi connectivity index (χ4n) is 2.21. The van der Waals surface area contributed by atoms with Gasteiger partial charge in [-0.1, -0.05) is 6.07 Å². The Kier molecular flexibility index (Phi) is 4.60. The second-order valence-electron chi connectivity index (χ2n) is 5.64. The molecule has 0 spiro atoms. The first-order valence-electron chi connectivity index (χ1n) is 6.70. The van der Waals surface area contributed by atoms with Crippen molar-refractivity contribution >= 4 is 21.4 Å². The minimum Gasteiger partial charge on any atom is -0.394 e. The van der Waals surface area contributed by atoms with Crippen LogP contribution in [0.4, 0.5) is 13.2 Å². The highest BCUT2D eigenvalue weighted by Crippen LogP contribution is 2.35. The third-order valence-electron chi connectivity index (χ3n) is 3.54. The van der Waals surface area contributed by atoms with E-state index < -0.39 is 17.3 Å². The first kappa shape index (κ1) is 16.3. The third kappa shape index (κ3) is 3.96. The summed E-state index contributed by atoms with van der Waals surface area (Å²) in [5, 5.41) is 11.9. The van der Waals surface area contributed by atoms with E-state index in [1.54, 1.807) is 6.92 Å². The van der Waals surface area contributed by atoms with Gasteiger partial charge in [0.05, 0.1) is 12.2 Å². The largest absolute Gasteiger partial charge is 0.416 e. The summed E-state index contributed by atoms with van der Waals surface area (Å²) in [4.78, 5) is 0. The summed E-state index contributed by atoms with van der Waals surface area (Å²) in [7, 11) is 0. The number of hydrogen-bond acceptors (Lipinski definition) is 3. The Labute approximate surface area is 125 Å². The quantitative estimate of drug-likeness (QED) is 0.877. The Morgan fingerprint density at radius 3 is 2.62 bits per heavy atom. The SMILES string of the molecule is C[C@](N)(CO)CCCc1csc2cc(C(F)(F)F)ccc12. The van der Waals surface area contributed by atoms with Crippen molar-refractivity contribution in [3.05, 3.63) is 34.7 Å². The third-order valence-corrected chi connectivity index (χ3v) is 4.53. The van der Waals surface area contributed by atoms with Gasteiger partial charge in [0.1, 0.15) is 0 Å². The average Bonchev–Trinajstić information content (AvgIpc) is 2.80. The summed E-state index contributed by atoms with van der Waals surface area (Å²) in [6.45, 7) is 1.71. The van der Waals surface area contributed by atoms with Crippen molar-refractivity contribution in [2.75, 3.05) is 6.61 Å². The van der Waals surface area contributed by atoms with E-state index in [1.807, 2.05) is 5.38 Å². The topological polar surface area (TPSA) is 46.2 Å². The van der Waals surface area contributed by atoms with Gasteiger partial charge in [-0.15, -0.1) is 11.3 Å². The van der Waals surface area contributed by atoms with Crippen molar-refractivity contribution in [3.8, 4) is 0 Å². The van der Waals surface area contributed by atoms with Crippen LogP contribution in [0.1, 0.15) is 30.9 Å². The van der Waals surface area contributed by atoms with Crippen LogP contribution in [0, 0.1) is 0 Å². The highest BCUT2D eigenvalue weighted by molar-refractivity contribution is 7.17. The predicted octanol–water partition coefficient (Wildman–Crippen LogP) is 3.95. The lowest BCUT2D eigenvalue weighted by Crippen LogP contribution is -2.40. The number of aliphatic hydroxyl groups is 1. The summed E-state index contributed by atoms with van der Waals surface area (Å²) in [6.07, 6.45) is -2.10. The van der Waals surface area contributed by atoms with Gasteiger partial charge in [-0.3, -0.25) is 0 Å². The summed E-state index contributed by atoms with van der Waals surface area (Å²) in [6, 6.07) is 3.86. The van der Waals surface area contributed by atoms with Crippen LogP contribution >= 0.6 is 11.3 Å². The lowest BCUT2D eigenvalue weighted by molar-refractivity contribution is -0.137. The Bertz CT molecular complexity index is 619. The lowest BCUT2D eigenvalue weighted by atomic mass is 9.95. The lowest BCUT2D eigenvalue weighted by Gasteiger charge is -2.21. The van der Waals surface area contributed by atoms with Gasteiger partial charge in [0.2, 0.25) is 0 Å². The molecule has 1 aromatic carbocycles. The normalized spacial score (nSPS) is 15.3. The van der Waals surface area contributed by atoms with E-state index in [-0.39, 0.29) is 6.61 Å². The van der Waals surface area contributed by atoms with Crippen LogP contribution < -0.4 is 5.73 Å². The number of fused-ring (bicyclic) bond motifs is 1. The number of aryl methyl sites for hydroxylation is 1. The van der Waals surface area contributed by atoms with Crippen molar-refractivity contribution < 1.29 is 18.3 Å². The number of nitrogens with two attached hydrogens (primary N) is 1. The van der Waals surface area contributed by atoms with Crippen molar-refractivity contribution in [1.29, 1.82) is 0 Å². The monoisotopic (exact) mass is 317 g/mol. The van der Waals surface area contributed by atoms with Crippen LogP contribution in [0.2, 0.25) is 0 Å². The molecule has 2 aromatic rings. The fraction of sp³-hybridized carbons (Fsp3) is 0.467. The number of rotatable bonds is 5. The van der Waals surface area contributed by atoms with Crippen LogP contribution in [-0.2, 0) is 12.6 Å². The summed E-state index contributed by atoms with van der Waals surface area (Å²) in [5.41, 5.74) is 5.69. The molecule has 1 heterocycles. The molecule has 0 aliphatic rings. The zero-order chi connectivity index (χ0) is 15.7. The van der Waals surface area contributed by atoms with E-state index in [4.69, 9.17) is 10.8 Å². The first-order valence-corrected chi connectivity index (χ1v) is 7.58. The molecular formula is C15H18F3NOS. The highest BCUT2D eigenvalue weighted by Gasteiger charge is 2.30. The van der Waals surface area contributed by atoms with Gasteiger partial charge >= 0.3 is 6.18 Å². The molecule has 2 rings (SSSR count). The fourth-order valence-corrected chi connectivity index (χ4v) is 3.25. The molecule has 116 valence electrons. The van der Waals surface area contributed by atoms with Gasteiger partial charge in [-0.25, -0.2) is 0 Å². The minimum atomic E-state index is -4.30. The van der Waals surface area contributed by atoms with Crippen LogP contribution in [-0.4, -0.2) is 17.3 Å². The van der Waals surface area contributed by atoms with Crippen molar-refractivity contribution in [2.45, 2.75) is 37.9 Å². The maximum atomic E-state index is 12.7. The van der Waals surface area contributed by atoms with Crippen molar-refractivity contribution in [1.82, 2.24) is 0 Å². The molecular weight excluding hydrogens is 299 g/mol. The smallest absolute Gasteiger partial charge is 0.394 e. The van der Waals surface area contributed by atoms with Gasteiger partial charge < -0.3 is 10.8 Å². The summed E-state index contributed by atoms with van der Waals surface area (Å²) in [5.74, 6) is 0. The van der Waals surface area contributed by atoms with E-state index in [1.165, 1.54) is 23.5 Å². The second kappa shape index (κ2) is 5.94. The Morgan fingerprint density at radius 2 is 2.00 bits per heavy atom. The zero-order valence-corrected chi connectivity index (χ0v) is 12.5. The van der Waals surface area contributed by atoms with E-state index in [0.717, 1.165) is 29.9 Å². The molecule has 0 bridgehead atoms. The van der Waals surface area contributed by atoms with Gasteiger partial charge in [-0.05, 0) is 54.6 Å². The molecule has 1 aromatic heterocycles. The van der Waals surface area contributed by atoms with Crippen molar-refractivity contribution in [2.24, 2.45) is 5.73 Å². The molecule has 6 heteroatoms. The van der Waals surface area contributed by atoms with Gasteiger partial charge in [0.15, 0.2) is 0 Å². The molecule has 3 N–H and O–H groups in total. The number of halogens is 3. The van der Waals surface area contributed by atoms with Crippen LogP contribution in [0.3, 0.4) is 0 Å². The molecule has 0 aliphatic heterocycles. The molecule has 0 saturated carbocycles. The summed E-state index contributed by atoms with van der Waals surface area (Å²) >= 11 is 1.33. The van der Waals surface area contributed by atoms with E-state index in [0.29, 0.717) is 11.1 Å². The van der Waals surface area contributed by atoms with E-state index in [9.17, 15) is 13.2 Å². The molecule has 1 atom stereocenters. The number of hydrogen-bond donors (Lipinski definition) is 2. The Balaban J connectivity index is 2.12. The maximum absolute atomic E-state index is 12.7. The van der Waals surface area contributed by atoms with Gasteiger partial charge in [0, 0.05) is 10.2 Å². The first-order chi connectivity index (χ1) is 9.73. The van der Waals surface area contributed by atoms with Crippen LogP contribution in [0.5, 0.6) is 0 Å². The maximum Gasteiger partial charge on any atom is 0.416 e. The zero-order valence-electron chi connectivity index (χ0n) is 11.7. The van der Waals surface area contributed by atoms with E-state index >= 15 is 0 Å². The molecule has 21 heavy (non-hydrogen) atoms. The number of alkyl halides is 3. The Hall–Kier alpha value is -1.11. The number of thiophene rings is 1. The molecule has 0 saturated heterocycles. The van der Waals surface area contributed by atoms with Crippen LogP contribution in [0.15, 0.2) is 23.6 Å².